The van der Waals surface area contributed by atoms with Crippen molar-refractivity contribution >= 4 is 0 Å². The topological polar surface area (TPSA) is 35.2 Å². The first kappa shape index (κ1) is 13.5. The van der Waals surface area contributed by atoms with Crippen molar-refractivity contribution in [2.75, 3.05) is 6.54 Å². The molecule has 0 amide bonds. The molecule has 0 radical (unpaired) electrons. The van der Waals surface area contributed by atoms with E-state index in [2.05, 4.69) is 0 Å². The lowest BCUT2D eigenvalue weighted by molar-refractivity contribution is 0.0378. The Morgan fingerprint density at radius 2 is 2.00 bits per heavy atom. The van der Waals surface area contributed by atoms with Gasteiger partial charge in [-0.3, -0.25) is 0 Å². The van der Waals surface area contributed by atoms with Gasteiger partial charge in [0.05, 0.1) is 12.2 Å². The molecule has 2 atom stereocenters. The molecule has 18 heavy (non-hydrogen) atoms. The number of aryl methyl sites for hydroxylation is 1. The Kier molecular flexibility index (Phi) is 4.72. The maximum Gasteiger partial charge on any atom is 0.126 e. The Morgan fingerprint density at radius 1 is 1.28 bits per heavy atom. The molecular weight excluding hydrogens is 229 g/mol. The first-order valence-electron chi connectivity index (χ1n) is 6.80. The molecule has 0 saturated carbocycles. The quantitative estimate of drug-likeness (QED) is 0.873. The molecule has 1 aliphatic heterocycles. The average molecular weight is 251 g/mol. The van der Waals surface area contributed by atoms with E-state index in [1.165, 1.54) is 6.07 Å². The van der Waals surface area contributed by atoms with Gasteiger partial charge in [0, 0.05) is 0 Å². The predicted octanol–water partition coefficient (Wildman–Crippen LogP) is 2.96. The van der Waals surface area contributed by atoms with E-state index < -0.39 is 0 Å². The zero-order chi connectivity index (χ0) is 13.0. The second-order valence-corrected chi connectivity index (χ2v) is 5.10. The highest BCUT2D eigenvalue weighted by molar-refractivity contribution is 5.27. The second kappa shape index (κ2) is 6.30. The van der Waals surface area contributed by atoms with E-state index in [1.54, 1.807) is 6.07 Å². The molecule has 100 valence electrons. The van der Waals surface area contributed by atoms with E-state index in [0.717, 1.165) is 43.2 Å². The van der Waals surface area contributed by atoms with Crippen molar-refractivity contribution in [1.29, 1.82) is 0 Å². The van der Waals surface area contributed by atoms with E-state index in [0.29, 0.717) is 18.8 Å². The van der Waals surface area contributed by atoms with Crippen molar-refractivity contribution in [3.63, 3.8) is 0 Å². The standard InChI is InChI=1S/C15H22FNO/c1-11-12(3-2-4-15(11)16)5-6-13-7-8-14(18-13)9-10-17/h2-4,13-14H,5-10,17H2,1H3. The normalized spacial score (nSPS) is 23.5. The Hall–Kier alpha value is -0.930. The first-order chi connectivity index (χ1) is 8.70. The van der Waals surface area contributed by atoms with E-state index >= 15 is 0 Å². The lowest BCUT2D eigenvalue weighted by Gasteiger charge is -2.14. The summed E-state index contributed by atoms with van der Waals surface area (Å²) in [6, 6.07) is 5.30. The van der Waals surface area contributed by atoms with E-state index in [1.807, 2.05) is 13.0 Å². The molecule has 0 spiro atoms. The maximum absolute atomic E-state index is 13.4. The summed E-state index contributed by atoms with van der Waals surface area (Å²) in [5.74, 6) is -0.110. The minimum Gasteiger partial charge on any atom is -0.375 e. The third-order valence-corrected chi connectivity index (χ3v) is 3.80. The van der Waals surface area contributed by atoms with Gasteiger partial charge >= 0.3 is 0 Å². The lowest BCUT2D eigenvalue weighted by Crippen LogP contribution is -2.15. The molecule has 0 aliphatic carbocycles. The Labute approximate surface area is 108 Å². The molecule has 2 nitrogen and oxygen atoms in total. The van der Waals surface area contributed by atoms with Crippen LogP contribution in [0.5, 0.6) is 0 Å². The third-order valence-electron chi connectivity index (χ3n) is 3.80. The van der Waals surface area contributed by atoms with Crippen LogP contribution in [0.15, 0.2) is 18.2 Å². The summed E-state index contributed by atoms with van der Waals surface area (Å²) in [5, 5.41) is 0. The SMILES string of the molecule is Cc1c(F)cccc1CCC1CCC(CCN)O1. The van der Waals surface area contributed by atoms with E-state index in [4.69, 9.17) is 10.5 Å². The van der Waals surface area contributed by atoms with Crippen molar-refractivity contribution in [3.05, 3.63) is 35.1 Å². The number of halogens is 1. The molecule has 1 saturated heterocycles. The second-order valence-electron chi connectivity index (χ2n) is 5.10. The van der Waals surface area contributed by atoms with Crippen LogP contribution in [0.1, 0.15) is 36.8 Å². The summed E-state index contributed by atoms with van der Waals surface area (Å²) in [5.41, 5.74) is 7.40. The van der Waals surface area contributed by atoms with Crippen molar-refractivity contribution in [2.24, 2.45) is 5.73 Å². The molecule has 0 aromatic heterocycles. The zero-order valence-corrected chi connectivity index (χ0v) is 11.0. The van der Waals surface area contributed by atoms with Gasteiger partial charge in [0.2, 0.25) is 0 Å². The lowest BCUT2D eigenvalue weighted by atomic mass is 10.0. The van der Waals surface area contributed by atoms with Crippen LogP contribution < -0.4 is 5.73 Å². The smallest absolute Gasteiger partial charge is 0.126 e. The van der Waals surface area contributed by atoms with Gasteiger partial charge in [0.25, 0.3) is 0 Å². The predicted molar refractivity (Wildman–Crippen MR) is 71.0 cm³/mol. The number of hydrogen-bond acceptors (Lipinski definition) is 2. The summed E-state index contributed by atoms with van der Waals surface area (Å²) in [6.07, 6.45) is 5.71. The molecule has 0 bridgehead atoms. The molecule has 1 aromatic carbocycles. The average Bonchev–Trinajstić information content (AvgIpc) is 2.79. The highest BCUT2D eigenvalue weighted by Gasteiger charge is 2.24. The van der Waals surface area contributed by atoms with E-state index in [9.17, 15) is 4.39 Å². The van der Waals surface area contributed by atoms with Crippen LogP contribution >= 0.6 is 0 Å². The van der Waals surface area contributed by atoms with Crippen molar-refractivity contribution in [2.45, 2.75) is 51.2 Å². The van der Waals surface area contributed by atoms with Crippen molar-refractivity contribution < 1.29 is 9.13 Å². The van der Waals surface area contributed by atoms with Gasteiger partial charge in [-0.1, -0.05) is 12.1 Å². The minimum absolute atomic E-state index is 0.110. The van der Waals surface area contributed by atoms with Gasteiger partial charge in [0.15, 0.2) is 0 Å². The largest absolute Gasteiger partial charge is 0.375 e. The molecule has 2 unspecified atom stereocenters. The third kappa shape index (κ3) is 3.30. The van der Waals surface area contributed by atoms with Gasteiger partial charge in [-0.2, -0.15) is 0 Å². The maximum atomic E-state index is 13.4. The fourth-order valence-corrected chi connectivity index (χ4v) is 2.63. The Bertz CT molecular complexity index is 394. The fraction of sp³-hybridized carbons (Fsp3) is 0.600. The van der Waals surface area contributed by atoms with E-state index in [-0.39, 0.29) is 5.82 Å². The zero-order valence-electron chi connectivity index (χ0n) is 11.0. The fourth-order valence-electron chi connectivity index (χ4n) is 2.63. The summed E-state index contributed by atoms with van der Waals surface area (Å²) in [6.45, 7) is 2.54. The van der Waals surface area contributed by atoms with Crippen molar-refractivity contribution in [1.82, 2.24) is 0 Å². The molecule has 1 heterocycles. The molecular formula is C15H22FNO. The molecule has 3 heteroatoms. The van der Waals surface area contributed by atoms with Crippen LogP contribution in [-0.2, 0) is 11.2 Å². The number of benzene rings is 1. The number of rotatable bonds is 5. The van der Waals surface area contributed by atoms with Gasteiger partial charge in [-0.15, -0.1) is 0 Å². The van der Waals surface area contributed by atoms with Crippen LogP contribution in [0.2, 0.25) is 0 Å². The number of hydrogen-bond donors (Lipinski definition) is 1. The summed E-state index contributed by atoms with van der Waals surface area (Å²) >= 11 is 0. The molecule has 1 fully saturated rings. The van der Waals surface area contributed by atoms with Gasteiger partial charge in [-0.25, -0.2) is 4.39 Å². The van der Waals surface area contributed by atoms with Gasteiger partial charge < -0.3 is 10.5 Å². The van der Waals surface area contributed by atoms with Crippen LogP contribution in [0.3, 0.4) is 0 Å². The van der Waals surface area contributed by atoms with Crippen LogP contribution in [-0.4, -0.2) is 18.8 Å². The molecule has 1 aromatic rings. The van der Waals surface area contributed by atoms with Crippen molar-refractivity contribution in [3.8, 4) is 0 Å². The summed E-state index contributed by atoms with van der Waals surface area (Å²) < 4.78 is 19.3. The van der Waals surface area contributed by atoms with Crippen LogP contribution in [0.25, 0.3) is 0 Å². The first-order valence-corrected chi connectivity index (χ1v) is 6.80. The highest BCUT2D eigenvalue weighted by Crippen LogP contribution is 2.25. The number of ether oxygens (including phenoxy) is 1. The van der Waals surface area contributed by atoms with Crippen LogP contribution in [0, 0.1) is 12.7 Å². The van der Waals surface area contributed by atoms with Gasteiger partial charge in [-0.05, 0) is 62.8 Å². The highest BCUT2D eigenvalue weighted by atomic mass is 19.1. The number of nitrogens with two attached hydrogens (primary N) is 1. The van der Waals surface area contributed by atoms with Crippen LogP contribution in [0.4, 0.5) is 4.39 Å². The van der Waals surface area contributed by atoms with Gasteiger partial charge in [0.1, 0.15) is 5.82 Å². The molecule has 2 N–H and O–H groups in total. The summed E-state index contributed by atoms with van der Waals surface area (Å²) in [4.78, 5) is 0. The molecule has 1 aliphatic rings. The minimum atomic E-state index is -0.110. The Balaban J connectivity index is 1.83. The monoisotopic (exact) mass is 251 g/mol. The Morgan fingerprint density at radius 3 is 2.72 bits per heavy atom. The molecule has 2 rings (SSSR count). The summed E-state index contributed by atoms with van der Waals surface area (Å²) in [7, 11) is 0.